The van der Waals surface area contributed by atoms with Crippen LogP contribution in [0, 0.1) is 0 Å². The van der Waals surface area contributed by atoms with E-state index in [2.05, 4.69) is 22.4 Å². The van der Waals surface area contributed by atoms with Crippen LogP contribution in [0.1, 0.15) is 31.5 Å². The smallest absolute Gasteiger partial charge is 0.389 e. The second kappa shape index (κ2) is 6.58. The summed E-state index contributed by atoms with van der Waals surface area (Å²) in [4.78, 5) is 0. The lowest BCUT2D eigenvalue weighted by Gasteiger charge is -2.02. The van der Waals surface area contributed by atoms with E-state index in [0.717, 1.165) is 13.0 Å². The number of nitrogens with zero attached hydrogens (tertiary/aromatic N) is 2. The molecular weight excluding hydrogens is 235 g/mol. The van der Waals surface area contributed by atoms with Crippen molar-refractivity contribution in [2.24, 2.45) is 0 Å². The van der Waals surface area contributed by atoms with Crippen LogP contribution in [0.15, 0.2) is 4.42 Å². The monoisotopic (exact) mass is 251 g/mol. The van der Waals surface area contributed by atoms with Crippen molar-refractivity contribution in [3.63, 3.8) is 0 Å². The van der Waals surface area contributed by atoms with E-state index in [0.29, 0.717) is 18.9 Å². The highest BCUT2D eigenvalue weighted by Crippen LogP contribution is 2.21. The summed E-state index contributed by atoms with van der Waals surface area (Å²) in [7, 11) is 0. The van der Waals surface area contributed by atoms with Gasteiger partial charge in [-0.05, 0) is 13.0 Å². The minimum atomic E-state index is -4.18. The van der Waals surface area contributed by atoms with Gasteiger partial charge < -0.3 is 9.73 Å². The van der Waals surface area contributed by atoms with Crippen LogP contribution in [-0.2, 0) is 12.8 Å². The largest absolute Gasteiger partial charge is 0.425 e. The molecule has 0 aliphatic carbocycles. The predicted molar refractivity (Wildman–Crippen MR) is 55.5 cm³/mol. The molecule has 1 heterocycles. The fraction of sp³-hybridized carbons (Fsp3) is 0.800. The Balaban J connectivity index is 2.28. The van der Waals surface area contributed by atoms with Gasteiger partial charge in [-0.3, -0.25) is 0 Å². The zero-order valence-corrected chi connectivity index (χ0v) is 9.68. The van der Waals surface area contributed by atoms with E-state index < -0.39 is 12.6 Å². The van der Waals surface area contributed by atoms with E-state index in [1.807, 2.05) is 0 Å². The minimum absolute atomic E-state index is 0.0489. The maximum atomic E-state index is 11.9. The molecule has 0 amide bonds. The molecule has 17 heavy (non-hydrogen) atoms. The van der Waals surface area contributed by atoms with Crippen LogP contribution in [0.3, 0.4) is 0 Å². The quantitative estimate of drug-likeness (QED) is 0.754. The van der Waals surface area contributed by atoms with Crippen LogP contribution >= 0.6 is 0 Å². The van der Waals surface area contributed by atoms with Crippen molar-refractivity contribution >= 4 is 0 Å². The average Bonchev–Trinajstić information content (AvgIpc) is 2.69. The lowest BCUT2D eigenvalue weighted by atomic mass is 10.3. The molecule has 7 heteroatoms. The van der Waals surface area contributed by atoms with Crippen molar-refractivity contribution in [3.8, 4) is 0 Å². The molecule has 1 rings (SSSR count). The molecule has 0 bridgehead atoms. The van der Waals surface area contributed by atoms with Gasteiger partial charge in [0.15, 0.2) is 0 Å². The van der Waals surface area contributed by atoms with Crippen molar-refractivity contribution < 1.29 is 17.6 Å². The molecule has 1 aromatic heterocycles. The SMILES string of the molecule is CCCNCCc1nnc(CCC(F)(F)F)o1. The predicted octanol–water partition coefficient (Wildman–Crippen LogP) is 2.11. The first-order valence-electron chi connectivity index (χ1n) is 5.60. The van der Waals surface area contributed by atoms with Crippen LogP contribution in [0.4, 0.5) is 13.2 Å². The highest BCUT2D eigenvalue weighted by Gasteiger charge is 2.27. The summed E-state index contributed by atoms with van der Waals surface area (Å²) in [5, 5.41) is 10.4. The molecule has 0 saturated carbocycles. The third-order valence-corrected chi connectivity index (χ3v) is 2.07. The summed E-state index contributed by atoms with van der Waals surface area (Å²) in [5.41, 5.74) is 0. The molecule has 0 atom stereocenters. The second-order valence-corrected chi connectivity index (χ2v) is 3.70. The van der Waals surface area contributed by atoms with Crippen molar-refractivity contribution in [1.29, 1.82) is 0 Å². The Morgan fingerprint density at radius 1 is 1.12 bits per heavy atom. The third kappa shape index (κ3) is 6.25. The first-order chi connectivity index (χ1) is 8.01. The molecule has 0 fully saturated rings. The van der Waals surface area contributed by atoms with Crippen LogP contribution in [0.5, 0.6) is 0 Å². The fourth-order valence-corrected chi connectivity index (χ4v) is 1.24. The molecule has 0 saturated heterocycles. The number of hydrogen-bond acceptors (Lipinski definition) is 4. The van der Waals surface area contributed by atoms with Crippen molar-refractivity contribution in [1.82, 2.24) is 15.5 Å². The summed E-state index contributed by atoms with van der Waals surface area (Å²) in [6.07, 6.45) is -3.79. The maximum absolute atomic E-state index is 11.9. The van der Waals surface area contributed by atoms with E-state index in [1.165, 1.54) is 0 Å². The van der Waals surface area contributed by atoms with Gasteiger partial charge in [-0.15, -0.1) is 10.2 Å². The second-order valence-electron chi connectivity index (χ2n) is 3.70. The van der Waals surface area contributed by atoms with Crippen LogP contribution in [0.2, 0.25) is 0 Å². The molecule has 4 nitrogen and oxygen atoms in total. The van der Waals surface area contributed by atoms with E-state index in [-0.39, 0.29) is 12.3 Å². The number of nitrogens with one attached hydrogen (secondary N) is 1. The Bertz CT molecular complexity index is 325. The van der Waals surface area contributed by atoms with Gasteiger partial charge in [0.1, 0.15) is 0 Å². The third-order valence-electron chi connectivity index (χ3n) is 2.07. The van der Waals surface area contributed by atoms with Gasteiger partial charge in [0.05, 0.1) is 6.42 Å². The fourth-order valence-electron chi connectivity index (χ4n) is 1.24. The highest BCUT2D eigenvalue weighted by molar-refractivity contribution is 4.83. The summed E-state index contributed by atoms with van der Waals surface area (Å²) in [6, 6.07) is 0. The van der Waals surface area contributed by atoms with Gasteiger partial charge in [-0.1, -0.05) is 6.92 Å². The van der Waals surface area contributed by atoms with Crippen LogP contribution < -0.4 is 5.32 Å². The molecule has 0 aliphatic heterocycles. The molecule has 98 valence electrons. The molecule has 1 N–H and O–H groups in total. The Morgan fingerprint density at radius 3 is 2.35 bits per heavy atom. The summed E-state index contributed by atoms with van der Waals surface area (Å²) < 4.78 is 40.9. The minimum Gasteiger partial charge on any atom is -0.425 e. The first-order valence-corrected chi connectivity index (χ1v) is 5.60. The van der Waals surface area contributed by atoms with Gasteiger partial charge >= 0.3 is 6.18 Å². The topological polar surface area (TPSA) is 51.0 Å². The van der Waals surface area contributed by atoms with E-state index in [4.69, 9.17) is 4.42 Å². The Kier molecular flexibility index (Phi) is 5.40. The van der Waals surface area contributed by atoms with E-state index >= 15 is 0 Å². The van der Waals surface area contributed by atoms with E-state index in [1.54, 1.807) is 0 Å². The summed E-state index contributed by atoms with van der Waals surface area (Å²) in [6.45, 7) is 3.64. The molecular formula is C10H16F3N3O. The van der Waals surface area contributed by atoms with Gasteiger partial charge in [-0.2, -0.15) is 13.2 Å². The highest BCUT2D eigenvalue weighted by atomic mass is 19.4. The van der Waals surface area contributed by atoms with Crippen molar-refractivity contribution in [3.05, 3.63) is 11.8 Å². The van der Waals surface area contributed by atoms with Gasteiger partial charge in [0.25, 0.3) is 0 Å². The average molecular weight is 251 g/mol. The Morgan fingerprint density at radius 2 is 1.76 bits per heavy atom. The van der Waals surface area contributed by atoms with Crippen molar-refractivity contribution in [2.45, 2.75) is 38.8 Å². The molecule has 0 radical (unpaired) electrons. The van der Waals surface area contributed by atoms with Crippen molar-refractivity contribution in [2.75, 3.05) is 13.1 Å². The number of rotatable bonds is 7. The number of aromatic nitrogens is 2. The number of hydrogen-bond donors (Lipinski definition) is 1. The molecule has 0 unspecified atom stereocenters. The lowest BCUT2D eigenvalue weighted by molar-refractivity contribution is -0.134. The first kappa shape index (κ1) is 14.0. The van der Waals surface area contributed by atoms with E-state index in [9.17, 15) is 13.2 Å². The lowest BCUT2D eigenvalue weighted by Crippen LogP contribution is -2.17. The van der Waals surface area contributed by atoms with Crippen LogP contribution in [-0.4, -0.2) is 29.5 Å². The Labute approximate surface area is 97.6 Å². The standard InChI is InChI=1S/C10H16F3N3O/c1-2-6-14-7-4-9-16-15-8(17-9)3-5-10(11,12)13/h14H,2-7H2,1H3. The zero-order valence-electron chi connectivity index (χ0n) is 9.68. The molecule has 0 aliphatic rings. The summed E-state index contributed by atoms with van der Waals surface area (Å²) in [5.74, 6) is 0.429. The maximum Gasteiger partial charge on any atom is 0.389 e. The number of halogens is 3. The van der Waals surface area contributed by atoms with Crippen LogP contribution in [0.25, 0.3) is 0 Å². The normalized spacial score (nSPS) is 12.0. The number of aryl methyl sites for hydroxylation is 1. The molecule has 0 aromatic carbocycles. The number of alkyl halides is 3. The Hall–Kier alpha value is -1.11. The van der Waals surface area contributed by atoms with Gasteiger partial charge in [0.2, 0.25) is 11.8 Å². The molecule has 1 aromatic rings. The molecule has 0 spiro atoms. The van der Waals surface area contributed by atoms with Gasteiger partial charge in [-0.25, -0.2) is 0 Å². The summed E-state index contributed by atoms with van der Waals surface area (Å²) >= 11 is 0. The zero-order chi connectivity index (χ0) is 12.7. The van der Waals surface area contributed by atoms with Gasteiger partial charge in [0, 0.05) is 19.4 Å².